The van der Waals surface area contributed by atoms with Crippen LogP contribution in [0.3, 0.4) is 0 Å². The number of nitrogens with zero attached hydrogens (tertiary/aromatic N) is 2. The van der Waals surface area contributed by atoms with E-state index in [1.165, 1.54) is 23.0 Å². The Labute approximate surface area is 221 Å². The lowest BCUT2D eigenvalue weighted by atomic mass is 9.80. The predicted molar refractivity (Wildman–Crippen MR) is 138 cm³/mol. The number of rotatable bonds is 6. The number of alkyl halides is 3. The topological polar surface area (TPSA) is 98.2 Å². The summed E-state index contributed by atoms with van der Waals surface area (Å²) in [7, 11) is 0. The van der Waals surface area contributed by atoms with Crippen LogP contribution in [0, 0.1) is 0 Å². The maximum atomic E-state index is 13.9. The van der Waals surface area contributed by atoms with Gasteiger partial charge in [-0.05, 0) is 46.4 Å². The standard InChI is InChI=1S/C28H25ClF3N3O3/c1-26(2,3)18-6-4-16(5-7-18)15-27(25(33)38,19-8-9-21(29)20(14-19)28(30,31)32)35-13-11-17-10-12-34-22(23(17)35)24(36)37/h4-14H,15H2,1-3H3,(H2,33,38)(H,36,37). The molecule has 0 radical (unpaired) electrons. The van der Waals surface area contributed by atoms with Crippen LogP contribution >= 0.6 is 11.6 Å². The highest BCUT2D eigenvalue weighted by Crippen LogP contribution is 2.41. The lowest BCUT2D eigenvalue weighted by molar-refractivity contribution is -0.137. The Morgan fingerprint density at radius 3 is 2.18 bits per heavy atom. The second-order valence-electron chi connectivity index (χ2n) is 10.1. The Morgan fingerprint density at radius 2 is 1.63 bits per heavy atom. The van der Waals surface area contributed by atoms with Gasteiger partial charge < -0.3 is 15.4 Å². The van der Waals surface area contributed by atoms with Gasteiger partial charge in [0.1, 0.15) is 0 Å². The van der Waals surface area contributed by atoms with Gasteiger partial charge in [-0.25, -0.2) is 9.78 Å². The molecule has 2 aromatic heterocycles. The molecule has 38 heavy (non-hydrogen) atoms. The van der Waals surface area contributed by atoms with Gasteiger partial charge in [0.2, 0.25) is 5.91 Å². The molecule has 3 N–H and O–H groups in total. The molecule has 1 atom stereocenters. The first-order valence-corrected chi connectivity index (χ1v) is 12.0. The first kappa shape index (κ1) is 27.2. The summed E-state index contributed by atoms with van der Waals surface area (Å²) < 4.78 is 42.9. The second kappa shape index (κ2) is 9.47. The van der Waals surface area contributed by atoms with Crippen molar-refractivity contribution in [3.05, 3.63) is 100.0 Å². The largest absolute Gasteiger partial charge is 0.476 e. The van der Waals surface area contributed by atoms with Crippen molar-refractivity contribution in [2.24, 2.45) is 5.73 Å². The number of fused-ring (bicyclic) bond motifs is 1. The van der Waals surface area contributed by atoms with Crippen LogP contribution in [-0.4, -0.2) is 26.5 Å². The maximum Gasteiger partial charge on any atom is 0.417 e. The lowest BCUT2D eigenvalue weighted by Crippen LogP contribution is -2.49. The summed E-state index contributed by atoms with van der Waals surface area (Å²) in [4.78, 5) is 29.4. The van der Waals surface area contributed by atoms with Crippen LogP contribution in [0.1, 0.15) is 53.5 Å². The number of hydrogen-bond donors (Lipinski definition) is 2. The molecule has 198 valence electrons. The summed E-state index contributed by atoms with van der Waals surface area (Å²) in [5.41, 5.74) is 3.96. The van der Waals surface area contributed by atoms with Crippen LogP contribution in [0.5, 0.6) is 0 Å². The Hall–Kier alpha value is -3.85. The lowest BCUT2D eigenvalue weighted by Gasteiger charge is -2.35. The van der Waals surface area contributed by atoms with E-state index in [0.717, 1.165) is 17.7 Å². The van der Waals surface area contributed by atoms with E-state index in [4.69, 9.17) is 17.3 Å². The quantitative estimate of drug-likeness (QED) is 0.303. The minimum absolute atomic E-state index is 0.0496. The maximum absolute atomic E-state index is 13.9. The number of halogens is 4. The van der Waals surface area contributed by atoms with Gasteiger partial charge in [0.15, 0.2) is 11.2 Å². The first-order valence-electron chi connectivity index (χ1n) is 11.6. The SMILES string of the molecule is CC(C)(C)c1ccc(CC(C(N)=O)(c2ccc(Cl)c(C(F)(F)F)c2)n2ccc3ccnc(C(=O)O)c32)cc1. The van der Waals surface area contributed by atoms with Crippen LogP contribution in [0.15, 0.2) is 67.0 Å². The number of aromatic carboxylic acids is 1. The molecule has 10 heteroatoms. The first-order chi connectivity index (χ1) is 17.7. The summed E-state index contributed by atoms with van der Waals surface area (Å²) in [5, 5.41) is 9.71. The minimum Gasteiger partial charge on any atom is -0.476 e. The number of amides is 1. The molecule has 0 bridgehead atoms. The third kappa shape index (κ3) is 4.74. The van der Waals surface area contributed by atoms with Crippen molar-refractivity contribution in [1.29, 1.82) is 0 Å². The predicted octanol–water partition coefficient (Wildman–Crippen LogP) is 6.18. The highest BCUT2D eigenvalue weighted by Gasteiger charge is 2.44. The fourth-order valence-electron chi connectivity index (χ4n) is 4.65. The average Bonchev–Trinajstić information content (AvgIpc) is 3.26. The number of carboxylic acids is 1. The smallest absolute Gasteiger partial charge is 0.417 e. The fraction of sp³-hybridized carbons (Fsp3) is 0.250. The molecule has 2 aromatic carbocycles. The normalized spacial score (nSPS) is 13.9. The molecule has 0 aliphatic rings. The molecule has 2 heterocycles. The fourth-order valence-corrected chi connectivity index (χ4v) is 4.88. The molecule has 0 saturated heterocycles. The number of nitrogens with two attached hydrogens (primary N) is 1. The van der Waals surface area contributed by atoms with Gasteiger partial charge in [-0.15, -0.1) is 0 Å². The summed E-state index contributed by atoms with van der Waals surface area (Å²) in [6.07, 6.45) is -2.23. The van der Waals surface area contributed by atoms with E-state index < -0.39 is 34.2 Å². The number of pyridine rings is 1. The van der Waals surface area contributed by atoms with Crippen LogP contribution in [0.4, 0.5) is 13.2 Å². The third-order valence-corrected chi connectivity index (χ3v) is 6.98. The van der Waals surface area contributed by atoms with E-state index in [-0.39, 0.29) is 28.6 Å². The molecule has 0 aliphatic heterocycles. The number of carbonyl (C=O) groups excluding carboxylic acids is 1. The molecule has 6 nitrogen and oxygen atoms in total. The number of aromatic nitrogens is 2. The number of hydrogen-bond acceptors (Lipinski definition) is 3. The highest BCUT2D eigenvalue weighted by atomic mass is 35.5. The number of primary amides is 1. The van der Waals surface area contributed by atoms with Crippen molar-refractivity contribution in [3.63, 3.8) is 0 Å². The zero-order chi connectivity index (χ0) is 28.0. The summed E-state index contributed by atoms with van der Waals surface area (Å²) in [5.74, 6) is -2.35. The minimum atomic E-state index is -4.81. The van der Waals surface area contributed by atoms with Crippen molar-refractivity contribution in [3.8, 4) is 0 Å². The van der Waals surface area contributed by atoms with E-state index in [9.17, 15) is 27.9 Å². The summed E-state index contributed by atoms with van der Waals surface area (Å²) >= 11 is 5.89. The van der Waals surface area contributed by atoms with E-state index >= 15 is 0 Å². The van der Waals surface area contributed by atoms with Crippen LogP contribution < -0.4 is 5.73 Å². The van der Waals surface area contributed by atoms with Gasteiger partial charge in [-0.3, -0.25) is 4.79 Å². The van der Waals surface area contributed by atoms with E-state index in [0.29, 0.717) is 10.9 Å². The highest BCUT2D eigenvalue weighted by molar-refractivity contribution is 6.31. The van der Waals surface area contributed by atoms with Gasteiger partial charge in [-0.1, -0.05) is 62.7 Å². The van der Waals surface area contributed by atoms with Gasteiger partial charge in [0.25, 0.3) is 0 Å². The summed E-state index contributed by atoms with van der Waals surface area (Å²) in [6, 6.07) is 13.6. The van der Waals surface area contributed by atoms with Crippen molar-refractivity contribution in [2.75, 3.05) is 0 Å². The summed E-state index contributed by atoms with van der Waals surface area (Å²) in [6.45, 7) is 6.11. The van der Waals surface area contributed by atoms with Crippen molar-refractivity contribution >= 4 is 34.4 Å². The molecule has 4 rings (SSSR count). The number of carbonyl (C=O) groups is 2. The molecule has 0 saturated carbocycles. The zero-order valence-corrected chi connectivity index (χ0v) is 21.6. The Bertz CT molecular complexity index is 1540. The van der Waals surface area contributed by atoms with Crippen LogP contribution in [-0.2, 0) is 28.3 Å². The van der Waals surface area contributed by atoms with E-state index in [1.807, 2.05) is 32.9 Å². The van der Waals surface area contributed by atoms with Gasteiger partial charge in [-0.2, -0.15) is 13.2 Å². The zero-order valence-electron chi connectivity index (χ0n) is 20.8. The van der Waals surface area contributed by atoms with Crippen molar-refractivity contribution in [2.45, 2.75) is 44.3 Å². The van der Waals surface area contributed by atoms with Crippen molar-refractivity contribution < 1.29 is 27.9 Å². The second-order valence-corrected chi connectivity index (χ2v) is 10.5. The molecule has 0 aliphatic carbocycles. The van der Waals surface area contributed by atoms with Crippen LogP contribution in [0.25, 0.3) is 10.9 Å². The van der Waals surface area contributed by atoms with E-state index in [2.05, 4.69) is 4.98 Å². The average molecular weight is 544 g/mol. The van der Waals surface area contributed by atoms with Crippen LogP contribution in [0.2, 0.25) is 5.02 Å². The molecular formula is C28H25ClF3N3O3. The van der Waals surface area contributed by atoms with Gasteiger partial charge in [0, 0.05) is 24.2 Å². The third-order valence-electron chi connectivity index (χ3n) is 6.65. The molecule has 0 spiro atoms. The van der Waals surface area contributed by atoms with E-state index in [1.54, 1.807) is 24.3 Å². The van der Waals surface area contributed by atoms with Crippen molar-refractivity contribution in [1.82, 2.24) is 9.55 Å². The van der Waals surface area contributed by atoms with Gasteiger partial charge >= 0.3 is 12.1 Å². The molecule has 1 amide bonds. The Balaban J connectivity index is 2.06. The monoisotopic (exact) mass is 543 g/mol. The van der Waals surface area contributed by atoms with Gasteiger partial charge in [0.05, 0.1) is 16.1 Å². The molecular weight excluding hydrogens is 519 g/mol. The number of benzene rings is 2. The molecule has 1 unspecified atom stereocenters. The molecule has 0 fully saturated rings. The number of carboxylic acid groups (broad SMARTS) is 1. The Morgan fingerprint density at radius 1 is 1.00 bits per heavy atom. The Kier molecular flexibility index (Phi) is 6.78. The molecule has 4 aromatic rings.